The zero-order valence-electron chi connectivity index (χ0n) is 11.1. The van der Waals surface area contributed by atoms with E-state index < -0.39 is 0 Å². The van der Waals surface area contributed by atoms with Gasteiger partial charge < -0.3 is 4.74 Å². The lowest BCUT2D eigenvalue weighted by Gasteiger charge is -2.08. The van der Waals surface area contributed by atoms with Crippen LogP contribution in [0, 0.1) is 0 Å². The predicted molar refractivity (Wildman–Crippen MR) is 83.0 cm³/mol. The van der Waals surface area contributed by atoms with Gasteiger partial charge in [-0.15, -0.1) is 0 Å². The monoisotopic (exact) mass is 297 g/mol. The van der Waals surface area contributed by atoms with Crippen molar-refractivity contribution < 1.29 is 9.53 Å². The zero-order valence-corrected chi connectivity index (χ0v) is 11.9. The van der Waals surface area contributed by atoms with Crippen molar-refractivity contribution in [2.24, 2.45) is 0 Å². The number of rotatable bonds is 4. The van der Waals surface area contributed by atoms with Crippen molar-refractivity contribution in [3.8, 4) is 5.75 Å². The Labute approximate surface area is 127 Å². The molecule has 0 spiro atoms. The van der Waals surface area contributed by atoms with E-state index in [1.54, 1.807) is 30.5 Å². The number of halogens is 1. The van der Waals surface area contributed by atoms with Crippen molar-refractivity contribution in [3.05, 3.63) is 71.4 Å². The lowest BCUT2D eigenvalue weighted by atomic mass is 10.1. The van der Waals surface area contributed by atoms with E-state index >= 15 is 0 Å². The van der Waals surface area contributed by atoms with Gasteiger partial charge in [-0.05, 0) is 36.4 Å². The van der Waals surface area contributed by atoms with Crippen LogP contribution in [0.15, 0.2) is 60.8 Å². The number of ketones is 1. The second-order valence-corrected chi connectivity index (χ2v) is 4.99. The summed E-state index contributed by atoms with van der Waals surface area (Å²) in [6, 6.07) is 16.2. The fourth-order valence-corrected chi connectivity index (χ4v) is 2.18. The van der Waals surface area contributed by atoms with Crippen LogP contribution >= 0.6 is 11.6 Å². The number of fused-ring (bicyclic) bond motifs is 1. The van der Waals surface area contributed by atoms with Gasteiger partial charge in [0.2, 0.25) is 0 Å². The molecule has 1 heterocycles. The first-order valence-corrected chi connectivity index (χ1v) is 6.87. The highest BCUT2D eigenvalue weighted by atomic mass is 35.5. The van der Waals surface area contributed by atoms with Gasteiger partial charge in [0.15, 0.2) is 12.4 Å². The standard InChI is InChI=1S/C17H12ClNO2/c18-14-8-6-12(7-9-14)15(20)11-21-16-5-1-3-13-4-2-10-19-17(13)16/h1-10H,11H2. The van der Waals surface area contributed by atoms with Gasteiger partial charge in [0.25, 0.3) is 0 Å². The molecule has 0 saturated carbocycles. The van der Waals surface area contributed by atoms with Crippen LogP contribution in [0.3, 0.4) is 0 Å². The number of carbonyl (C=O) groups is 1. The normalized spacial score (nSPS) is 10.5. The fourth-order valence-electron chi connectivity index (χ4n) is 2.06. The molecule has 0 N–H and O–H groups in total. The van der Waals surface area contributed by atoms with Crippen molar-refractivity contribution >= 4 is 28.3 Å². The van der Waals surface area contributed by atoms with E-state index in [-0.39, 0.29) is 12.4 Å². The first-order chi connectivity index (χ1) is 10.2. The predicted octanol–water partition coefficient (Wildman–Crippen LogP) is 4.15. The molecule has 21 heavy (non-hydrogen) atoms. The highest BCUT2D eigenvalue weighted by Crippen LogP contribution is 2.23. The summed E-state index contributed by atoms with van der Waals surface area (Å²) in [6.45, 7) is -0.0304. The summed E-state index contributed by atoms with van der Waals surface area (Å²) < 4.78 is 5.62. The van der Waals surface area contributed by atoms with Gasteiger partial charge in [-0.2, -0.15) is 0 Å². The summed E-state index contributed by atoms with van der Waals surface area (Å²) in [6.07, 6.45) is 1.70. The molecule has 104 valence electrons. The molecule has 3 aromatic rings. The molecule has 0 bridgehead atoms. The van der Waals surface area contributed by atoms with Gasteiger partial charge in [-0.3, -0.25) is 9.78 Å². The molecular formula is C17H12ClNO2. The second-order valence-electron chi connectivity index (χ2n) is 4.55. The summed E-state index contributed by atoms with van der Waals surface area (Å²) in [4.78, 5) is 16.4. The van der Waals surface area contributed by atoms with Crippen LogP contribution in [0.5, 0.6) is 5.75 Å². The summed E-state index contributed by atoms with van der Waals surface area (Å²) >= 11 is 5.80. The molecule has 0 unspecified atom stereocenters. The van der Waals surface area contributed by atoms with E-state index in [0.29, 0.717) is 16.3 Å². The molecule has 2 aromatic carbocycles. The Morgan fingerprint density at radius 1 is 1.05 bits per heavy atom. The Hall–Kier alpha value is -2.39. The number of carbonyl (C=O) groups excluding carboxylic acids is 1. The number of Topliss-reactive ketones (excluding diaryl/α,β-unsaturated/α-hetero) is 1. The van der Waals surface area contributed by atoms with E-state index in [1.165, 1.54) is 0 Å². The topological polar surface area (TPSA) is 39.2 Å². The number of aromatic nitrogens is 1. The average molecular weight is 298 g/mol. The molecule has 1 aromatic heterocycles. The van der Waals surface area contributed by atoms with Crippen LogP contribution < -0.4 is 4.74 Å². The highest BCUT2D eigenvalue weighted by molar-refractivity contribution is 6.30. The minimum Gasteiger partial charge on any atom is -0.483 e. The number of ether oxygens (including phenoxy) is 1. The average Bonchev–Trinajstić information content (AvgIpc) is 2.53. The van der Waals surface area contributed by atoms with Crippen molar-refractivity contribution in [2.75, 3.05) is 6.61 Å². The van der Waals surface area contributed by atoms with Crippen molar-refractivity contribution in [1.82, 2.24) is 4.98 Å². The Bertz CT molecular complexity index is 779. The Morgan fingerprint density at radius 2 is 1.81 bits per heavy atom. The molecular weight excluding hydrogens is 286 g/mol. The molecule has 0 radical (unpaired) electrons. The molecule has 0 saturated heterocycles. The maximum Gasteiger partial charge on any atom is 0.200 e. The fraction of sp³-hybridized carbons (Fsp3) is 0.0588. The van der Waals surface area contributed by atoms with Gasteiger partial charge in [-0.1, -0.05) is 29.8 Å². The van der Waals surface area contributed by atoms with Crippen molar-refractivity contribution in [2.45, 2.75) is 0 Å². The largest absolute Gasteiger partial charge is 0.483 e. The van der Waals surface area contributed by atoms with Crippen LogP contribution in [0.2, 0.25) is 5.02 Å². The molecule has 4 heteroatoms. The first-order valence-electron chi connectivity index (χ1n) is 6.49. The van der Waals surface area contributed by atoms with Gasteiger partial charge in [0.05, 0.1) is 0 Å². The third-order valence-corrected chi connectivity index (χ3v) is 3.37. The molecule has 3 rings (SSSR count). The number of benzene rings is 2. The minimum atomic E-state index is -0.0976. The van der Waals surface area contributed by atoms with Gasteiger partial charge >= 0.3 is 0 Å². The molecule has 0 aliphatic rings. The smallest absolute Gasteiger partial charge is 0.200 e. The Morgan fingerprint density at radius 3 is 2.62 bits per heavy atom. The first kappa shape index (κ1) is 13.6. The lowest BCUT2D eigenvalue weighted by molar-refractivity contribution is 0.0922. The number of hydrogen-bond donors (Lipinski definition) is 0. The molecule has 0 fully saturated rings. The van der Waals surface area contributed by atoms with E-state index in [0.717, 1.165) is 10.9 Å². The third kappa shape index (κ3) is 3.03. The SMILES string of the molecule is O=C(COc1cccc2cccnc12)c1ccc(Cl)cc1. The molecule has 3 nitrogen and oxygen atoms in total. The van der Waals surface area contributed by atoms with Gasteiger partial charge in [0, 0.05) is 22.2 Å². The third-order valence-electron chi connectivity index (χ3n) is 3.12. The van der Waals surface area contributed by atoms with Gasteiger partial charge in [-0.25, -0.2) is 0 Å². The van der Waals surface area contributed by atoms with Crippen LogP contribution in [-0.2, 0) is 0 Å². The number of para-hydroxylation sites is 1. The number of pyridine rings is 1. The Balaban J connectivity index is 1.77. The summed E-state index contributed by atoms with van der Waals surface area (Å²) in [7, 11) is 0. The van der Waals surface area contributed by atoms with Crippen molar-refractivity contribution in [1.29, 1.82) is 0 Å². The lowest BCUT2D eigenvalue weighted by Crippen LogP contribution is -2.11. The quantitative estimate of drug-likeness (QED) is 0.679. The van der Waals surface area contributed by atoms with Crippen LogP contribution in [0.1, 0.15) is 10.4 Å². The van der Waals surface area contributed by atoms with Crippen LogP contribution in [0.25, 0.3) is 10.9 Å². The van der Waals surface area contributed by atoms with Crippen molar-refractivity contribution in [3.63, 3.8) is 0 Å². The van der Waals surface area contributed by atoms with E-state index in [4.69, 9.17) is 16.3 Å². The second kappa shape index (κ2) is 5.94. The molecule has 0 amide bonds. The zero-order chi connectivity index (χ0) is 14.7. The van der Waals surface area contributed by atoms with E-state index in [1.807, 2.05) is 30.3 Å². The number of hydrogen-bond acceptors (Lipinski definition) is 3. The molecule has 0 aliphatic heterocycles. The number of nitrogens with zero attached hydrogens (tertiary/aromatic N) is 1. The van der Waals surface area contributed by atoms with E-state index in [2.05, 4.69) is 4.98 Å². The van der Waals surface area contributed by atoms with E-state index in [9.17, 15) is 4.79 Å². The Kier molecular flexibility index (Phi) is 3.84. The van der Waals surface area contributed by atoms with Gasteiger partial charge in [0.1, 0.15) is 11.3 Å². The summed E-state index contributed by atoms with van der Waals surface area (Å²) in [5.41, 5.74) is 1.33. The minimum absolute atomic E-state index is 0.0304. The molecule has 0 aliphatic carbocycles. The molecule has 0 atom stereocenters. The van der Waals surface area contributed by atoms with Crippen LogP contribution in [0.4, 0.5) is 0 Å². The summed E-state index contributed by atoms with van der Waals surface area (Å²) in [5, 5.41) is 1.58. The maximum atomic E-state index is 12.1. The maximum absolute atomic E-state index is 12.1. The van der Waals surface area contributed by atoms with Crippen LogP contribution in [-0.4, -0.2) is 17.4 Å². The highest BCUT2D eigenvalue weighted by Gasteiger charge is 2.09. The summed E-state index contributed by atoms with van der Waals surface area (Å²) in [5.74, 6) is 0.509.